The number of benzene rings is 4. The minimum Gasteiger partial charge on any atom is -0.497 e. The summed E-state index contributed by atoms with van der Waals surface area (Å²) in [6, 6.07) is 25.0. The number of likely N-dealkylation sites (N-methyl/N-ethyl adjacent to an activating group) is 1. The number of piperidine rings is 1. The van der Waals surface area contributed by atoms with Crippen LogP contribution in [0.15, 0.2) is 77.7 Å². The Morgan fingerprint density at radius 2 is 1.62 bits per heavy atom. The Balaban J connectivity index is 0.000000492. The van der Waals surface area contributed by atoms with Crippen LogP contribution in [0.1, 0.15) is 71.0 Å². The van der Waals surface area contributed by atoms with Crippen molar-refractivity contribution in [2.45, 2.75) is 54.4 Å². The zero-order valence-electron chi connectivity index (χ0n) is 32.2. The quantitative estimate of drug-likeness (QED) is 0.0994. The second-order valence-corrected chi connectivity index (χ2v) is 16.3. The third-order valence-electron chi connectivity index (χ3n) is 10.1. The average molecular weight is 855 g/mol. The number of aliphatic carboxylic acids is 3. The summed E-state index contributed by atoms with van der Waals surface area (Å²) in [6.07, 6.45) is 2.22. The van der Waals surface area contributed by atoms with Crippen LogP contribution in [-0.2, 0) is 25.2 Å². The van der Waals surface area contributed by atoms with Gasteiger partial charge < -0.3 is 35.0 Å². The van der Waals surface area contributed by atoms with Crippen molar-refractivity contribution < 1.29 is 48.6 Å². The molecular formula is C42H45Cl2N3O10S. The van der Waals surface area contributed by atoms with Crippen molar-refractivity contribution in [3.63, 3.8) is 0 Å². The molecule has 1 aliphatic heterocycles. The molecule has 4 N–H and O–H groups in total. The molecule has 1 heterocycles. The number of methoxy groups -OCH3 is 1. The van der Waals surface area contributed by atoms with Crippen LogP contribution in [0.2, 0.25) is 10.0 Å². The minimum absolute atomic E-state index is 0.0209. The first-order valence-electron chi connectivity index (χ1n) is 18.2. The van der Waals surface area contributed by atoms with Crippen LogP contribution in [0.25, 0.3) is 10.8 Å². The first kappa shape index (κ1) is 45.7. The third kappa shape index (κ3) is 12.0. The molecule has 0 aliphatic carbocycles. The molecule has 0 aromatic heterocycles. The van der Waals surface area contributed by atoms with Gasteiger partial charge in [0.25, 0.3) is 5.91 Å². The van der Waals surface area contributed by atoms with E-state index in [0.29, 0.717) is 33.6 Å². The highest BCUT2D eigenvalue weighted by Crippen LogP contribution is 2.35. The number of fused-ring (bicyclic) bond motifs is 1. The number of hydrogen-bond donors (Lipinski definition) is 4. The lowest BCUT2D eigenvalue weighted by molar-refractivity contribution is -0.170. The number of rotatable bonds is 15. The highest BCUT2D eigenvalue weighted by atomic mass is 35.5. The topological polar surface area (TPSA) is 206 Å². The second-order valence-electron chi connectivity index (χ2n) is 14.2. The Labute approximate surface area is 348 Å². The molecule has 1 aliphatic rings. The Morgan fingerprint density at radius 1 is 0.966 bits per heavy atom. The molecule has 0 radical (unpaired) electrons. The molecule has 308 valence electrons. The van der Waals surface area contributed by atoms with Crippen molar-refractivity contribution in [1.82, 2.24) is 9.80 Å². The lowest BCUT2D eigenvalue weighted by Crippen LogP contribution is -2.42. The Hall–Kier alpha value is -5.04. The number of carbonyl (C=O) groups excluding carboxylic acids is 1. The van der Waals surface area contributed by atoms with Crippen molar-refractivity contribution >= 4 is 68.6 Å². The number of halogens is 2. The Bertz CT molecular complexity index is 2210. The number of carbonyl (C=O) groups is 4. The van der Waals surface area contributed by atoms with Crippen molar-refractivity contribution in [3.8, 4) is 11.8 Å². The highest BCUT2D eigenvalue weighted by molar-refractivity contribution is 7.84. The maximum Gasteiger partial charge on any atom is 0.336 e. The van der Waals surface area contributed by atoms with Gasteiger partial charge in [-0.2, -0.15) is 5.26 Å². The Kier molecular flexibility index (Phi) is 16.2. The fourth-order valence-corrected chi connectivity index (χ4v) is 8.20. The number of nitrogens with zero attached hydrogens (tertiary/aromatic N) is 3. The second kappa shape index (κ2) is 20.6. The summed E-state index contributed by atoms with van der Waals surface area (Å²) < 4.78 is 17.9. The average Bonchev–Trinajstić information content (AvgIpc) is 3.19. The van der Waals surface area contributed by atoms with Gasteiger partial charge in [0.1, 0.15) is 5.75 Å². The van der Waals surface area contributed by atoms with E-state index in [1.165, 1.54) is 0 Å². The highest BCUT2D eigenvalue weighted by Gasteiger charge is 2.40. The number of nitriles is 1. The number of aliphatic hydroxyl groups is 1. The zero-order chi connectivity index (χ0) is 42.7. The fourth-order valence-electron chi connectivity index (χ4n) is 7.05. The van der Waals surface area contributed by atoms with Gasteiger partial charge in [0.2, 0.25) is 0 Å². The normalized spacial score (nSPS) is 14.4. The number of amides is 1. The molecule has 0 saturated carbocycles. The molecule has 2 atom stereocenters. The van der Waals surface area contributed by atoms with E-state index < -0.39 is 47.2 Å². The summed E-state index contributed by atoms with van der Waals surface area (Å²) in [5.41, 5.74) is 0.424. The van der Waals surface area contributed by atoms with Gasteiger partial charge in [-0.1, -0.05) is 59.6 Å². The van der Waals surface area contributed by atoms with Gasteiger partial charge in [-0.15, -0.1) is 0 Å². The summed E-state index contributed by atoms with van der Waals surface area (Å²) in [5.74, 6) is -4.05. The largest absolute Gasteiger partial charge is 0.497 e. The number of hydrogen-bond acceptors (Lipinski definition) is 9. The molecular weight excluding hydrogens is 809 g/mol. The van der Waals surface area contributed by atoms with Crippen LogP contribution in [0.3, 0.4) is 0 Å². The molecule has 16 heteroatoms. The van der Waals surface area contributed by atoms with Gasteiger partial charge in [-0.3, -0.25) is 18.6 Å². The van der Waals surface area contributed by atoms with E-state index in [0.717, 1.165) is 71.4 Å². The number of likely N-dealkylation sites (tertiary alicyclic amines) is 1. The molecule has 1 saturated heterocycles. The van der Waals surface area contributed by atoms with Gasteiger partial charge >= 0.3 is 17.9 Å². The van der Waals surface area contributed by atoms with Crippen molar-refractivity contribution in [1.29, 1.82) is 5.26 Å². The minimum atomic E-state index is -2.74. The number of ether oxygens (including phenoxy) is 1. The molecule has 13 nitrogen and oxygen atoms in total. The summed E-state index contributed by atoms with van der Waals surface area (Å²) in [6.45, 7) is 3.21. The molecule has 58 heavy (non-hydrogen) atoms. The first-order valence-corrected chi connectivity index (χ1v) is 20.5. The molecule has 1 unspecified atom stereocenters. The van der Waals surface area contributed by atoms with Gasteiger partial charge in [0, 0.05) is 36.2 Å². The standard InChI is InChI=1S/C36H37Cl2N3O3S.C6H8O7/c1-40(36(42)32-19-24(22-39)18-27-6-4-5-7-30(27)32)23-28(26-8-11-33(37)34(38)20-26)14-17-41-15-12-25(13-16-41)31-10-9-29(44-2)21-35(31)45(3)43;7-3(8)1-6(13,5(11)12)2-4(9)10/h4-11,18-21,25,28H,12-17,23H2,1-3H3;13H,1-2H2,(H,7,8)(H,9,10)(H,11,12)/t28-,45?;/m1./s1. The molecule has 5 rings (SSSR count). The van der Waals surface area contributed by atoms with E-state index >= 15 is 0 Å². The molecule has 4 aromatic rings. The maximum atomic E-state index is 13.8. The predicted octanol–water partition coefficient (Wildman–Crippen LogP) is 6.64. The maximum absolute atomic E-state index is 13.8. The molecule has 1 amide bonds. The predicted molar refractivity (Wildman–Crippen MR) is 220 cm³/mol. The smallest absolute Gasteiger partial charge is 0.336 e. The van der Waals surface area contributed by atoms with Crippen molar-refractivity contribution in [2.75, 3.05) is 46.6 Å². The van der Waals surface area contributed by atoms with Crippen LogP contribution in [-0.4, -0.2) is 110 Å². The van der Waals surface area contributed by atoms with Crippen LogP contribution < -0.4 is 4.74 Å². The van der Waals surface area contributed by atoms with E-state index in [4.69, 9.17) is 48.4 Å². The van der Waals surface area contributed by atoms with E-state index in [2.05, 4.69) is 17.0 Å². The van der Waals surface area contributed by atoms with Gasteiger partial charge in [-0.25, -0.2) is 4.79 Å². The van der Waals surface area contributed by atoms with E-state index in [1.54, 1.807) is 24.3 Å². The van der Waals surface area contributed by atoms with Crippen LogP contribution in [0.4, 0.5) is 0 Å². The van der Waals surface area contributed by atoms with Crippen LogP contribution >= 0.6 is 23.2 Å². The third-order valence-corrected chi connectivity index (χ3v) is 11.8. The first-order chi connectivity index (χ1) is 27.5. The summed E-state index contributed by atoms with van der Waals surface area (Å²) in [7, 11) is 2.35. The van der Waals surface area contributed by atoms with Crippen LogP contribution in [0, 0.1) is 11.3 Å². The van der Waals surface area contributed by atoms with Gasteiger partial charge in [0.15, 0.2) is 5.60 Å². The molecule has 4 aromatic carbocycles. The van der Waals surface area contributed by atoms with Gasteiger partial charge in [0.05, 0.1) is 52.4 Å². The number of carboxylic acids is 3. The van der Waals surface area contributed by atoms with Gasteiger partial charge in [-0.05, 0) is 103 Å². The summed E-state index contributed by atoms with van der Waals surface area (Å²) in [4.78, 5) is 49.4. The molecule has 0 bridgehead atoms. The zero-order valence-corrected chi connectivity index (χ0v) is 34.5. The lowest BCUT2D eigenvalue weighted by atomic mass is 9.88. The van der Waals surface area contributed by atoms with Crippen LogP contribution in [0.5, 0.6) is 5.75 Å². The monoisotopic (exact) mass is 853 g/mol. The Morgan fingerprint density at radius 3 is 2.19 bits per heavy atom. The lowest BCUT2D eigenvalue weighted by Gasteiger charge is -2.34. The summed E-state index contributed by atoms with van der Waals surface area (Å²) >= 11 is 12.7. The fraction of sp³-hybridized carbons (Fsp3) is 0.357. The SMILES string of the molecule is COc1ccc(C2CCN(CC[C@H](CN(C)C(=O)c3cc(C#N)cc4ccccc34)c3ccc(Cl)c(Cl)c3)CC2)c(S(C)=O)c1.O=C(O)CC(O)(CC(=O)O)C(=O)O. The van der Waals surface area contributed by atoms with E-state index in [9.17, 15) is 28.6 Å². The summed E-state index contributed by atoms with van der Waals surface area (Å²) in [5, 5.41) is 46.1. The molecule has 1 fully saturated rings. The van der Waals surface area contributed by atoms with Crippen molar-refractivity contribution in [3.05, 3.63) is 105 Å². The van der Waals surface area contributed by atoms with E-state index in [-0.39, 0.29) is 11.8 Å². The number of carboxylic acid groups (broad SMARTS) is 3. The molecule has 0 spiro atoms. The van der Waals surface area contributed by atoms with Crippen molar-refractivity contribution in [2.24, 2.45) is 0 Å². The van der Waals surface area contributed by atoms with E-state index in [1.807, 2.05) is 67.7 Å².